The number of nitrogens with zero attached hydrogens (tertiary/aromatic N) is 2. The van der Waals surface area contributed by atoms with Crippen LogP contribution in [0.25, 0.3) is 0 Å². The molecule has 0 bridgehead atoms. The Morgan fingerprint density at radius 1 is 1.11 bits per heavy atom. The summed E-state index contributed by atoms with van der Waals surface area (Å²) in [4.78, 5) is 36.2. The number of anilines is 1. The van der Waals surface area contributed by atoms with Gasteiger partial charge in [-0.25, -0.2) is 4.68 Å². The number of aromatic nitrogens is 2. The Hall–Kier alpha value is -2.96. The number of hydrogen-bond acceptors (Lipinski definition) is 4. The molecule has 2 aromatic rings. The first-order valence-electron chi connectivity index (χ1n) is 9.06. The highest BCUT2D eigenvalue weighted by molar-refractivity contribution is 5.98. The number of benzene rings is 1. The highest BCUT2D eigenvalue weighted by Crippen LogP contribution is 2.21. The Kier molecular flexibility index (Phi) is 6.87. The first-order chi connectivity index (χ1) is 12.8. The second-order valence-electron chi connectivity index (χ2n) is 6.64. The van der Waals surface area contributed by atoms with Gasteiger partial charge in [-0.05, 0) is 44.4 Å². The smallest absolute Gasteiger partial charge is 0.272 e. The zero-order valence-corrected chi connectivity index (χ0v) is 16.3. The maximum absolute atomic E-state index is 12.2. The molecule has 0 aliphatic carbocycles. The van der Waals surface area contributed by atoms with E-state index in [9.17, 15) is 14.4 Å². The van der Waals surface area contributed by atoms with Crippen molar-refractivity contribution in [2.24, 2.45) is 0 Å². The number of aryl methyl sites for hydroxylation is 4. The van der Waals surface area contributed by atoms with E-state index in [-0.39, 0.29) is 23.7 Å². The molecule has 1 aromatic carbocycles. The summed E-state index contributed by atoms with van der Waals surface area (Å²) < 4.78 is 1.28. The van der Waals surface area contributed by atoms with Gasteiger partial charge in [0.2, 0.25) is 5.91 Å². The molecular weight excluding hydrogens is 344 g/mol. The van der Waals surface area contributed by atoms with Crippen molar-refractivity contribution in [1.29, 1.82) is 0 Å². The highest BCUT2D eigenvalue weighted by Gasteiger charge is 2.13. The van der Waals surface area contributed by atoms with Crippen molar-refractivity contribution in [3.8, 4) is 0 Å². The van der Waals surface area contributed by atoms with Crippen LogP contribution >= 0.6 is 0 Å². The fourth-order valence-electron chi connectivity index (χ4n) is 2.85. The zero-order valence-electron chi connectivity index (χ0n) is 16.3. The normalized spacial score (nSPS) is 10.5. The van der Waals surface area contributed by atoms with E-state index >= 15 is 0 Å². The Morgan fingerprint density at radius 2 is 1.78 bits per heavy atom. The van der Waals surface area contributed by atoms with E-state index in [1.165, 1.54) is 16.8 Å². The van der Waals surface area contributed by atoms with Crippen molar-refractivity contribution in [2.45, 2.75) is 47.1 Å². The predicted molar refractivity (Wildman–Crippen MR) is 105 cm³/mol. The first kappa shape index (κ1) is 20.4. The molecule has 0 aliphatic rings. The molecule has 0 aliphatic heterocycles. The van der Waals surface area contributed by atoms with Crippen LogP contribution in [0.1, 0.15) is 46.9 Å². The zero-order chi connectivity index (χ0) is 20.0. The van der Waals surface area contributed by atoms with E-state index in [0.29, 0.717) is 6.54 Å². The molecule has 1 aromatic heterocycles. The van der Waals surface area contributed by atoms with Gasteiger partial charge < -0.3 is 10.6 Å². The van der Waals surface area contributed by atoms with E-state index in [2.05, 4.69) is 15.7 Å². The van der Waals surface area contributed by atoms with E-state index in [1.54, 1.807) is 0 Å². The van der Waals surface area contributed by atoms with Crippen LogP contribution in [0.2, 0.25) is 0 Å². The second kappa shape index (κ2) is 9.12. The van der Waals surface area contributed by atoms with Crippen molar-refractivity contribution < 1.29 is 9.59 Å². The molecule has 144 valence electrons. The van der Waals surface area contributed by atoms with Crippen LogP contribution in [0.5, 0.6) is 0 Å². The first-order valence-corrected chi connectivity index (χ1v) is 9.06. The van der Waals surface area contributed by atoms with Crippen LogP contribution in [0.4, 0.5) is 5.69 Å². The van der Waals surface area contributed by atoms with E-state index in [1.807, 2.05) is 39.8 Å². The summed E-state index contributed by atoms with van der Waals surface area (Å²) in [5, 5.41) is 9.44. The summed E-state index contributed by atoms with van der Waals surface area (Å²) >= 11 is 0. The Bertz CT molecular complexity index is 879. The van der Waals surface area contributed by atoms with Crippen LogP contribution in [0.3, 0.4) is 0 Å². The molecule has 0 unspecified atom stereocenters. The Morgan fingerprint density at radius 3 is 2.41 bits per heavy atom. The van der Waals surface area contributed by atoms with E-state index in [0.717, 1.165) is 35.2 Å². The lowest BCUT2D eigenvalue weighted by atomic mass is 10.1. The molecule has 0 saturated heterocycles. The lowest BCUT2D eigenvalue weighted by Gasteiger charge is -2.13. The minimum absolute atomic E-state index is 0.112. The summed E-state index contributed by atoms with van der Waals surface area (Å²) in [6.45, 7) is 8.15. The third kappa shape index (κ3) is 5.51. The predicted octanol–water partition coefficient (Wildman–Crippen LogP) is 2.34. The third-order valence-electron chi connectivity index (χ3n) is 4.17. The lowest BCUT2D eigenvalue weighted by Crippen LogP contribution is -2.35. The maximum atomic E-state index is 12.2. The van der Waals surface area contributed by atoms with Gasteiger partial charge in [-0.3, -0.25) is 14.4 Å². The number of carbonyl (C=O) groups is 2. The molecule has 7 nitrogen and oxygen atoms in total. The Labute approximate surface area is 158 Å². The van der Waals surface area contributed by atoms with E-state index in [4.69, 9.17) is 0 Å². The molecule has 2 rings (SSSR count). The molecule has 1 heterocycles. The fourth-order valence-corrected chi connectivity index (χ4v) is 2.85. The topological polar surface area (TPSA) is 93.1 Å². The number of rotatable bonds is 7. The molecule has 7 heteroatoms. The van der Waals surface area contributed by atoms with Crippen molar-refractivity contribution in [2.75, 3.05) is 11.9 Å². The van der Waals surface area contributed by atoms with Crippen molar-refractivity contribution >= 4 is 17.5 Å². The van der Waals surface area contributed by atoms with Gasteiger partial charge in [0, 0.05) is 18.3 Å². The summed E-state index contributed by atoms with van der Waals surface area (Å²) in [5.41, 5.74) is 3.68. The minimum Gasteiger partial charge on any atom is -0.342 e. The molecule has 2 amide bonds. The van der Waals surface area contributed by atoms with Crippen molar-refractivity contribution in [3.05, 3.63) is 57.0 Å². The van der Waals surface area contributed by atoms with Gasteiger partial charge in [-0.1, -0.05) is 31.0 Å². The number of carbonyl (C=O) groups excluding carboxylic acids is 2. The SMILES string of the molecule is CCCCn1nc(C(=O)NCC(=O)Nc2c(C)cc(C)cc2C)ccc1=O. The average molecular weight is 370 g/mol. The largest absolute Gasteiger partial charge is 0.342 e. The fraction of sp³-hybridized carbons (Fsp3) is 0.400. The van der Waals surface area contributed by atoms with Crippen LogP contribution in [0.15, 0.2) is 29.1 Å². The highest BCUT2D eigenvalue weighted by atomic mass is 16.2. The standard InChI is InChI=1S/C20H26N4O3/c1-5-6-9-24-18(26)8-7-16(23-24)20(27)21-12-17(25)22-19-14(3)10-13(2)11-15(19)4/h7-8,10-11H,5-6,9,12H2,1-4H3,(H,21,27)(H,22,25). The molecular formula is C20H26N4O3. The molecule has 0 spiro atoms. The monoisotopic (exact) mass is 370 g/mol. The summed E-state index contributed by atoms with van der Waals surface area (Å²) in [7, 11) is 0. The van der Waals surface area contributed by atoms with Gasteiger partial charge in [-0.15, -0.1) is 0 Å². The van der Waals surface area contributed by atoms with Crippen LogP contribution < -0.4 is 16.2 Å². The van der Waals surface area contributed by atoms with Crippen LogP contribution in [-0.2, 0) is 11.3 Å². The number of amides is 2. The van der Waals surface area contributed by atoms with Crippen LogP contribution in [0, 0.1) is 20.8 Å². The van der Waals surface area contributed by atoms with Gasteiger partial charge in [0.05, 0.1) is 6.54 Å². The van der Waals surface area contributed by atoms with Gasteiger partial charge in [0.1, 0.15) is 5.69 Å². The second-order valence-corrected chi connectivity index (χ2v) is 6.64. The molecule has 0 radical (unpaired) electrons. The molecule has 0 saturated carbocycles. The van der Waals surface area contributed by atoms with Crippen LogP contribution in [-0.4, -0.2) is 28.1 Å². The van der Waals surface area contributed by atoms with Crippen molar-refractivity contribution in [1.82, 2.24) is 15.1 Å². The number of unbranched alkanes of at least 4 members (excludes halogenated alkanes) is 1. The molecule has 0 atom stereocenters. The number of nitrogens with one attached hydrogen (secondary N) is 2. The lowest BCUT2D eigenvalue weighted by molar-refractivity contribution is -0.115. The summed E-state index contributed by atoms with van der Waals surface area (Å²) in [5.74, 6) is -0.814. The Balaban J connectivity index is 1.99. The average Bonchev–Trinajstić information content (AvgIpc) is 2.62. The minimum atomic E-state index is -0.493. The van der Waals surface area contributed by atoms with Gasteiger partial charge in [0.25, 0.3) is 11.5 Å². The molecule has 27 heavy (non-hydrogen) atoms. The number of hydrogen-bond donors (Lipinski definition) is 2. The van der Waals surface area contributed by atoms with Gasteiger partial charge in [0.15, 0.2) is 0 Å². The molecule has 2 N–H and O–H groups in total. The summed E-state index contributed by atoms with van der Waals surface area (Å²) in [6.07, 6.45) is 1.72. The quantitative estimate of drug-likeness (QED) is 0.782. The van der Waals surface area contributed by atoms with Gasteiger partial charge >= 0.3 is 0 Å². The maximum Gasteiger partial charge on any atom is 0.272 e. The molecule has 0 fully saturated rings. The summed E-state index contributed by atoms with van der Waals surface area (Å²) in [6, 6.07) is 6.66. The third-order valence-corrected chi connectivity index (χ3v) is 4.17. The van der Waals surface area contributed by atoms with Crippen molar-refractivity contribution in [3.63, 3.8) is 0 Å². The van der Waals surface area contributed by atoms with Gasteiger partial charge in [-0.2, -0.15) is 5.10 Å². The van der Waals surface area contributed by atoms with E-state index < -0.39 is 5.91 Å².